The van der Waals surface area contributed by atoms with Crippen LogP contribution < -0.4 is 0 Å². The summed E-state index contributed by atoms with van der Waals surface area (Å²) in [5.41, 5.74) is 0.457. The number of aliphatic hydroxyl groups excluding tert-OH is 1. The molecular weight excluding hydrogens is 261 g/mol. The molecule has 1 atom stereocenters. The molecule has 78 valence electrons. The van der Waals surface area contributed by atoms with Crippen LogP contribution in [0.15, 0.2) is 28.7 Å². The lowest BCUT2D eigenvalue weighted by Gasteiger charge is -2.14. The first kappa shape index (κ1) is 11.5. The van der Waals surface area contributed by atoms with Crippen molar-refractivity contribution in [1.29, 1.82) is 0 Å². The van der Waals surface area contributed by atoms with E-state index in [4.69, 9.17) is 5.11 Å². The van der Waals surface area contributed by atoms with E-state index in [2.05, 4.69) is 15.9 Å². The first-order valence-corrected chi connectivity index (χ1v) is 4.68. The van der Waals surface area contributed by atoms with Crippen molar-refractivity contribution in [1.82, 2.24) is 0 Å². The Balaban J connectivity index is 2.65. The van der Waals surface area contributed by atoms with E-state index in [9.17, 15) is 13.2 Å². The van der Waals surface area contributed by atoms with Crippen LogP contribution in [0.5, 0.6) is 0 Å². The van der Waals surface area contributed by atoms with Crippen molar-refractivity contribution in [2.24, 2.45) is 0 Å². The van der Waals surface area contributed by atoms with E-state index < -0.39 is 18.7 Å². The van der Waals surface area contributed by atoms with E-state index in [1.54, 1.807) is 24.3 Å². The predicted octanol–water partition coefficient (Wildman–Crippen LogP) is 2.91. The molecule has 0 aliphatic heterocycles. The van der Waals surface area contributed by atoms with E-state index in [1.807, 2.05) is 0 Å². The van der Waals surface area contributed by atoms with Gasteiger partial charge in [0.15, 0.2) is 6.10 Å². The molecule has 0 fully saturated rings. The molecule has 0 amide bonds. The average Bonchev–Trinajstić information content (AvgIpc) is 2.07. The van der Waals surface area contributed by atoms with Gasteiger partial charge in [0, 0.05) is 10.9 Å². The van der Waals surface area contributed by atoms with Crippen LogP contribution in [0.25, 0.3) is 0 Å². The molecule has 0 spiro atoms. The highest BCUT2D eigenvalue weighted by molar-refractivity contribution is 9.10. The fourth-order valence-corrected chi connectivity index (χ4v) is 1.22. The van der Waals surface area contributed by atoms with Crippen LogP contribution in [0.2, 0.25) is 0 Å². The van der Waals surface area contributed by atoms with Crippen LogP contribution in [0, 0.1) is 0 Å². The summed E-state index contributed by atoms with van der Waals surface area (Å²) in [6, 6.07) is 6.36. The second-order valence-electron chi connectivity index (χ2n) is 2.89. The Hall–Kier alpha value is -0.550. The molecule has 1 nitrogen and oxygen atoms in total. The summed E-state index contributed by atoms with van der Waals surface area (Å²) in [6.45, 7) is 0. The second-order valence-corrected chi connectivity index (χ2v) is 3.80. The van der Waals surface area contributed by atoms with Crippen molar-refractivity contribution < 1.29 is 18.3 Å². The molecule has 14 heavy (non-hydrogen) atoms. The molecule has 0 aromatic heterocycles. The van der Waals surface area contributed by atoms with E-state index in [1.165, 1.54) is 0 Å². The van der Waals surface area contributed by atoms with E-state index >= 15 is 0 Å². The lowest BCUT2D eigenvalue weighted by Crippen LogP contribution is -2.30. The summed E-state index contributed by atoms with van der Waals surface area (Å²) in [7, 11) is 0. The number of aliphatic hydroxyl groups is 1. The van der Waals surface area contributed by atoms with Crippen LogP contribution in [0.3, 0.4) is 0 Å². The minimum Gasteiger partial charge on any atom is -0.383 e. The van der Waals surface area contributed by atoms with Crippen LogP contribution in [0.1, 0.15) is 5.56 Å². The maximum Gasteiger partial charge on any atom is 0.414 e. The Labute approximate surface area is 87.7 Å². The molecule has 1 aromatic carbocycles. The predicted molar refractivity (Wildman–Crippen MR) is 49.9 cm³/mol. The van der Waals surface area contributed by atoms with Crippen molar-refractivity contribution in [2.75, 3.05) is 0 Å². The maximum atomic E-state index is 12.0. The summed E-state index contributed by atoms with van der Waals surface area (Å²) < 4.78 is 36.7. The third-order valence-corrected chi connectivity index (χ3v) is 2.25. The second kappa shape index (κ2) is 4.31. The van der Waals surface area contributed by atoms with Crippen molar-refractivity contribution in [2.45, 2.75) is 18.7 Å². The standard InChI is InChI=1S/C9H8BrF3O/c10-7-3-1-6(2-4-7)5-8(14)9(11,12)13/h1-4,8,14H,5H2. The van der Waals surface area contributed by atoms with Crippen LogP contribution >= 0.6 is 15.9 Å². The highest BCUT2D eigenvalue weighted by Crippen LogP contribution is 2.23. The fourth-order valence-electron chi connectivity index (χ4n) is 0.959. The molecule has 0 saturated heterocycles. The molecule has 5 heteroatoms. The van der Waals surface area contributed by atoms with Gasteiger partial charge in [-0.3, -0.25) is 0 Å². The van der Waals surface area contributed by atoms with Gasteiger partial charge in [0.2, 0.25) is 0 Å². The third-order valence-electron chi connectivity index (χ3n) is 1.72. The Morgan fingerprint density at radius 3 is 2.14 bits per heavy atom. The number of hydrogen-bond acceptors (Lipinski definition) is 1. The summed E-state index contributed by atoms with van der Waals surface area (Å²) in [5, 5.41) is 8.77. The zero-order valence-corrected chi connectivity index (χ0v) is 8.64. The van der Waals surface area contributed by atoms with Crippen molar-refractivity contribution >= 4 is 15.9 Å². The SMILES string of the molecule is OC(Cc1ccc(Br)cc1)C(F)(F)F. The van der Waals surface area contributed by atoms with Crippen molar-refractivity contribution in [3.8, 4) is 0 Å². The normalized spacial score (nSPS) is 14.1. The number of halogens is 4. The first-order valence-electron chi connectivity index (χ1n) is 3.89. The molecule has 1 unspecified atom stereocenters. The van der Waals surface area contributed by atoms with Gasteiger partial charge in [-0.2, -0.15) is 13.2 Å². The Morgan fingerprint density at radius 2 is 1.71 bits per heavy atom. The highest BCUT2D eigenvalue weighted by Gasteiger charge is 2.37. The van der Waals surface area contributed by atoms with Gasteiger partial charge in [0.05, 0.1) is 0 Å². The number of hydrogen-bond donors (Lipinski definition) is 1. The minimum absolute atomic E-state index is 0.406. The number of rotatable bonds is 2. The minimum atomic E-state index is -4.55. The van der Waals surface area contributed by atoms with Crippen LogP contribution in [0.4, 0.5) is 13.2 Å². The summed E-state index contributed by atoms with van der Waals surface area (Å²) in [6.07, 6.45) is -7.24. The summed E-state index contributed by atoms with van der Waals surface area (Å²) in [4.78, 5) is 0. The van der Waals surface area contributed by atoms with Gasteiger partial charge in [0.25, 0.3) is 0 Å². The van der Waals surface area contributed by atoms with Crippen LogP contribution in [-0.4, -0.2) is 17.4 Å². The average molecular weight is 269 g/mol. The number of alkyl halides is 3. The van der Waals surface area contributed by atoms with Gasteiger partial charge in [-0.15, -0.1) is 0 Å². The topological polar surface area (TPSA) is 20.2 Å². The summed E-state index contributed by atoms with van der Waals surface area (Å²) in [5.74, 6) is 0. The molecular formula is C9H8BrF3O. The molecule has 1 N–H and O–H groups in total. The lowest BCUT2D eigenvalue weighted by molar-refractivity contribution is -0.203. The largest absolute Gasteiger partial charge is 0.414 e. The van der Waals surface area contributed by atoms with Crippen molar-refractivity contribution in [3.63, 3.8) is 0 Å². The fraction of sp³-hybridized carbons (Fsp3) is 0.333. The zero-order valence-electron chi connectivity index (χ0n) is 7.05. The van der Waals surface area contributed by atoms with E-state index in [0.29, 0.717) is 5.56 Å². The molecule has 0 bridgehead atoms. The number of benzene rings is 1. The van der Waals surface area contributed by atoms with E-state index in [0.717, 1.165) is 4.47 Å². The van der Waals surface area contributed by atoms with Gasteiger partial charge in [-0.1, -0.05) is 28.1 Å². The maximum absolute atomic E-state index is 12.0. The molecule has 0 aliphatic carbocycles. The van der Waals surface area contributed by atoms with Gasteiger partial charge in [0.1, 0.15) is 0 Å². The summed E-state index contributed by atoms with van der Waals surface area (Å²) >= 11 is 3.17. The smallest absolute Gasteiger partial charge is 0.383 e. The molecule has 1 aromatic rings. The quantitative estimate of drug-likeness (QED) is 0.875. The van der Waals surface area contributed by atoms with Gasteiger partial charge in [-0.05, 0) is 17.7 Å². The van der Waals surface area contributed by atoms with Gasteiger partial charge in [-0.25, -0.2) is 0 Å². The van der Waals surface area contributed by atoms with Crippen molar-refractivity contribution in [3.05, 3.63) is 34.3 Å². The lowest BCUT2D eigenvalue weighted by atomic mass is 10.1. The molecule has 0 heterocycles. The first-order chi connectivity index (χ1) is 6.39. The van der Waals surface area contributed by atoms with Gasteiger partial charge < -0.3 is 5.11 Å². The molecule has 0 aliphatic rings. The molecule has 0 radical (unpaired) electrons. The molecule has 1 rings (SSSR count). The molecule has 0 saturated carbocycles. The van der Waals surface area contributed by atoms with E-state index in [-0.39, 0.29) is 0 Å². The van der Waals surface area contributed by atoms with Gasteiger partial charge >= 0.3 is 6.18 Å². The Morgan fingerprint density at radius 1 is 1.21 bits per heavy atom. The Bertz CT molecular complexity index is 294. The highest BCUT2D eigenvalue weighted by atomic mass is 79.9. The zero-order chi connectivity index (χ0) is 10.8. The third kappa shape index (κ3) is 3.31. The Kier molecular flexibility index (Phi) is 3.55. The monoisotopic (exact) mass is 268 g/mol. The van der Waals surface area contributed by atoms with Crippen LogP contribution in [-0.2, 0) is 6.42 Å².